The van der Waals surface area contributed by atoms with Crippen LogP contribution in [0.2, 0.25) is 0 Å². The van der Waals surface area contributed by atoms with Crippen molar-refractivity contribution in [2.45, 2.75) is 25.8 Å². The number of benzene rings is 1. The molecule has 2 rings (SSSR count). The summed E-state index contributed by atoms with van der Waals surface area (Å²) in [5, 5.41) is 0. The zero-order chi connectivity index (χ0) is 16.7. The topological polar surface area (TPSA) is 52.8 Å². The second-order valence-corrected chi connectivity index (χ2v) is 6.32. The number of amides is 1. The molecule has 1 fully saturated rings. The minimum atomic E-state index is -0.347. The standard InChI is InChI=1S/C18H30N4O/c1-3-7-17(19)18(23)20(2)10-11-21-12-14-22(15-13-21)16-8-5-4-6-9-16/h4-6,8-9,17H,3,7,10-15,19H2,1-2H3. The minimum Gasteiger partial charge on any atom is -0.369 e. The van der Waals surface area contributed by atoms with Crippen molar-refractivity contribution in [1.82, 2.24) is 9.80 Å². The highest BCUT2D eigenvalue weighted by molar-refractivity contribution is 5.81. The normalized spacial score (nSPS) is 17.1. The third-order valence-corrected chi connectivity index (χ3v) is 4.54. The Hall–Kier alpha value is -1.59. The number of hydrogen-bond donors (Lipinski definition) is 1. The Labute approximate surface area is 140 Å². The molecule has 0 radical (unpaired) electrons. The molecule has 23 heavy (non-hydrogen) atoms. The molecule has 0 saturated carbocycles. The van der Waals surface area contributed by atoms with Crippen LogP contribution < -0.4 is 10.6 Å². The van der Waals surface area contributed by atoms with Crippen LogP contribution in [0.15, 0.2) is 30.3 Å². The molecule has 1 aliphatic rings. The summed E-state index contributed by atoms with van der Waals surface area (Å²) in [6.07, 6.45) is 1.71. The number of hydrogen-bond acceptors (Lipinski definition) is 4. The number of para-hydroxylation sites is 1. The van der Waals surface area contributed by atoms with Gasteiger partial charge in [-0.1, -0.05) is 31.5 Å². The molecule has 5 nitrogen and oxygen atoms in total. The van der Waals surface area contributed by atoms with Crippen molar-refractivity contribution in [2.75, 3.05) is 51.2 Å². The highest BCUT2D eigenvalue weighted by atomic mass is 16.2. The van der Waals surface area contributed by atoms with E-state index >= 15 is 0 Å². The lowest BCUT2D eigenvalue weighted by molar-refractivity contribution is -0.131. The quantitative estimate of drug-likeness (QED) is 0.825. The fraction of sp³-hybridized carbons (Fsp3) is 0.611. The van der Waals surface area contributed by atoms with E-state index in [2.05, 4.69) is 47.1 Å². The predicted molar refractivity (Wildman–Crippen MR) is 95.6 cm³/mol. The third-order valence-electron chi connectivity index (χ3n) is 4.54. The molecule has 0 aromatic heterocycles. The first-order valence-electron chi connectivity index (χ1n) is 8.64. The largest absolute Gasteiger partial charge is 0.369 e. The molecule has 1 heterocycles. The van der Waals surface area contributed by atoms with Gasteiger partial charge in [-0.2, -0.15) is 0 Å². The van der Waals surface area contributed by atoms with Crippen LogP contribution in [0.4, 0.5) is 5.69 Å². The zero-order valence-electron chi connectivity index (χ0n) is 14.4. The van der Waals surface area contributed by atoms with Gasteiger partial charge in [0.2, 0.25) is 5.91 Å². The number of carbonyl (C=O) groups excluding carboxylic acids is 1. The van der Waals surface area contributed by atoms with Crippen molar-refractivity contribution in [3.63, 3.8) is 0 Å². The summed E-state index contributed by atoms with van der Waals surface area (Å²) < 4.78 is 0. The average molecular weight is 318 g/mol. The summed E-state index contributed by atoms with van der Waals surface area (Å²) in [5.74, 6) is 0.0646. The summed E-state index contributed by atoms with van der Waals surface area (Å²) in [6.45, 7) is 7.88. The first kappa shape index (κ1) is 17.8. The van der Waals surface area contributed by atoms with Crippen molar-refractivity contribution in [1.29, 1.82) is 0 Å². The van der Waals surface area contributed by atoms with Crippen LogP contribution in [0.5, 0.6) is 0 Å². The van der Waals surface area contributed by atoms with Crippen LogP contribution in [0.1, 0.15) is 19.8 Å². The lowest BCUT2D eigenvalue weighted by atomic mass is 10.1. The summed E-state index contributed by atoms with van der Waals surface area (Å²) >= 11 is 0. The van der Waals surface area contributed by atoms with Crippen LogP contribution in [0.25, 0.3) is 0 Å². The lowest BCUT2D eigenvalue weighted by Crippen LogP contribution is -2.50. The number of piperazine rings is 1. The van der Waals surface area contributed by atoms with E-state index in [0.29, 0.717) is 0 Å². The fourth-order valence-corrected chi connectivity index (χ4v) is 2.99. The van der Waals surface area contributed by atoms with E-state index in [1.807, 2.05) is 7.05 Å². The molecule has 1 aromatic rings. The van der Waals surface area contributed by atoms with Gasteiger partial charge in [0.25, 0.3) is 0 Å². The second kappa shape index (κ2) is 8.89. The highest BCUT2D eigenvalue weighted by Crippen LogP contribution is 2.15. The van der Waals surface area contributed by atoms with E-state index in [1.54, 1.807) is 4.90 Å². The maximum atomic E-state index is 12.1. The van der Waals surface area contributed by atoms with Crippen molar-refractivity contribution in [2.24, 2.45) is 5.73 Å². The van der Waals surface area contributed by atoms with E-state index < -0.39 is 0 Å². The molecular formula is C18H30N4O. The molecule has 1 saturated heterocycles. The molecule has 1 aliphatic heterocycles. The zero-order valence-corrected chi connectivity index (χ0v) is 14.4. The SMILES string of the molecule is CCCC(N)C(=O)N(C)CCN1CCN(c2ccccc2)CC1. The van der Waals surface area contributed by atoms with Crippen molar-refractivity contribution in [3.05, 3.63) is 30.3 Å². The van der Waals surface area contributed by atoms with Crippen LogP contribution in [0.3, 0.4) is 0 Å². The van der Waals surface area contributed by atoms with Crippen molar-refractivity contribution >= 4 is 11.6 Å². The number of likely N-dealkylation sites (N-methyl/N-ethyl adjacent to an activating group) is 1. The lowest BCUT2D eigenvalue weighted by Gasteiger charge is -2.36. The van der Waals surface area contributed by atoms with Gasteiger partial charge in [-0.05, 0) is 18.6 Å². The maximum absolute atomic E-state index is 12.1. The Morgan fingerprint density at radius 2 is 1.87 bits per heavy atom. The molecule has 0 aliphatic carbocycles. The predicted octanol–water partition coefficient (Wildman–Crippen LogP) is 1.39. The Morgan fingerprint density at radius 1 is 1.22 bits per heavy atom. The van der Waals surface area contributed by atoms with Crippen LogP contribution in [-0.4, -0.2) is 68.1 Å². The van der Waals surface area contributed by atoms with Crippen molar-refractivity contribution < 1.29 is 4.79 Å². The smallest absolute Gasteiger partial charge is 0.239 e. The molecule has 0 spiro atoms. The van der Waals surface area contributed by atoms with Crippen LogP contribution >= 0.6 is 0 Å². The van der Waals surface area contributed by atoms with Gasteiger partial charge in [0.15, 0.2) is 0 Å². The Kier molecular flexibility index (Phi) is 6.86. The summed E-state index contributed by atoms with van der Waals surface area (Å²) in [7, 11) is 1.86. The number of anilines is 1. The van der Waals surface area contributed by atoms with Gasteiger partial charge in [0, 0.05) is 52.0 Å². The highest BCUT2D eigenvalue weighted by Gasteiger charge is 2.20. The summed E-state index contributed by atoms with van der Waals surface area (Å²) in [5.41, 5.74) is 7.20. The van der Waals surface area contributed by atoms with Gasteiger partial charge in [-0.25, -0.2) is 0 Å². The van der Waals surface area contributed by atoms with Gasteiger partial charge in [0.1, 0.15) is 0 Å². The molecule has 128 valence electrons. The van der Waals surface area contributed by atoms with Gasteiger partial charge in [-0.15, -0.1) is 0 Å². The van der Waals surface area contributed by atoms with Crippen LogP contribution in [-0.2, 0) is 4.79 Å². The Morgan fingerprint density at radius 3 is 2.48 bits per heavy atom. The summed E-state index contributed by atoms with van der Waals surface area (Å²) in [4.78, 5) is 18.7. The monoisotopic (exact) mass is 318 g/mol. The van der Waals surface area contributed by atoms with Crippen LogP contribution in [0, 0.1) is 0 Å². The van der Waals surface area contributed by atoms with Gasteiger partial charge in [-0.3, -0.25) is 9.69 Å². The second-order valence-electron chi connectivity index (χ2n) is 6.32. The van der Waals surface area contributed by atoms with Gasteiger partial charge in [0.05, 0.1) is 6.04 Å². The van der Waals surface area contributed by atoms with E-state index in [-0.39, 0.29) is 11.9 Å². The van der Waals surface area contributed by atoms with Gasteiger partial charge >= 0.3 is 0 Å². The van der Waals surface area contributed by atoms with E-state index in [0.717, 1.165) is 52.1 Å². The average Bonchev–Trinajstić information content (AvgIpc) is 2.60. The molecule has 2 N–H and O–H groups in total. The first-order chi connectivity index (χ1) is 11.1. The Bertz CT molecular complexity index is 471. The maximum Gasteiger partial charge on any atom is 0.239 e. The van der Waals surface area contributed by atoms with E-state index in [9.17, 15) is 4.79 Å². The minimum absolute atomic E-state index is 0.0646. The number of nitrogens with two attached hydrogens (primary N) is 1. The Balaban J connectivity index is 1.71. The van der Waals surface area contributed by atoms with Crippen molar-refractivity contribution in [3.8, 4) is 0 Å². The van der Waals surface area contributed by atoms with E-state index in [1.165, 1.54) is 5.69 Å². The molecule has 0 bridgehead atoms. The molecule has 1 atom stereocenters. The third kappa shape index (κ3) is 5.22. The van der Waals surface area contributed by atoms with Gasteiger partial charge < -0.3 is 15.5 Å². The van der Waals surface area contributed by atoms with E-state index in [4.69, 9.17) is 5.73 Å². The number of rotatable bonds is 7. The first-order valence-corrected chi connectivity index (χ1v) is 8.64. The molecular weight excluding hydrogens is 288 g/mol. The summed E-state index contributed by atoms with van der Waals surface area (Å²) in [6, 6.07) is 10.2. The molecule has 5 heteroatoms. The molecule has 1 amide bonds. The number of carbonyl (C=O) groups is 1. The fourth-order valence-electron chi connectivity index (χ4n) is 2.99. The number of nitrogens with zero attached hydrogens (tertiary/aromatic N) is 3. The molecule has 1 unspecified atom stereocenters. The molecule has 1 aromatic carbocycles.